The highest BCUT2D eigenvalue weighted by atomic mass is 19.4. The van der Waals surface area contributed by atoms with Crippen LogP contribution in [0.5, 0.6) is 0 Å². The topological polar surface area (TPSA) is 49.4 Å². The first-order chi connectivity index (χ1) is 15.6. The number of nitrogens with one attached hydrogen (secondary N) is 1. The van der Waals surface area contributed by atoms with Crippen molar-refractivity contribution in [3.63, 3.8) is 0 Å². The van der Waals surface area contributed by atoms with Gasteiger partial charge in [0.25, 0.3) is 11.8 Å². The number of rotatable bonds is 5. The van der Waals surface area contributed by atoms with Gasteiger partial charge in [-0.05, 0) is 60.4 Å². The molecule has 1 N–H and O–H groups in total. The highest BCUT2D eigenvalue weighted by Gasteiger charge is 2.39. The number of hydrogen-bond donors (Lipinski definition) is 1. The van der Waals surface area contributed by atoms with E-state index >= 15 is 0 Å². The number of imide groups is 1. The Labute approximate surface area is 189 Å². The molecule has 3 aromatic carbocycles. The average molecular weight is 450 g/mol. The van der Waals surface area contributed by atoms with Crippen molar-refractivity contribution in [2.75, 3.05) is 5.32 Å². The first-order valence-electron chi connectivity index (χ1n) is 10.3. The van der Waals surface area contributed by atoms with E-state index in [4.69, 9.17) is 0 Å². The van der Waals surface area contributed by atoms with E-state index in [0.29, 0.717) is 11.3 Å². The van der Waals surface area contributed by atoms with Gasteiger partial charge in [-0.1, -0.05) is 48.5 Å². The predicted molar refractivity (Wildman–Crippen MR) is 120 cm³/mol. The number of hydrogen-bond acceptors (Lipinski definition) is 3. The van der Waals surface area contributed by atoms with Crippen LogP contribution in [0.4, 0.5) is 18.9 Å². The maximum absolute atomic E-state index is 13.3. The van der Waals surface area contributed by atoms with Gasteiger partial charge in [0, 0.05) is 5.69 Å². The van der Waals surface area contributed by atoms with Crippen LogP contribution >= 0.6 is 0 Å². The van der Waals surface area contributed by atoms with Crippen molar-refractivity contribution in [1.82, 2.24) is 4.90 Å². The smallest absolute Gasteiger partial charge is 0.350 e. The summed E-state index contributed by atoms with van der Waals surface area (Å²) < 4.78 is 39.4. The highest BCUT2D eigenvalue weighted by molar-refractivity contribution is 6.36. The van der Waals surface area contributed by atoms with Crippen LogP contribution in [0.3, 0.4) is 0 Å². The lowest BCUT2D eigenvalue weighted by Crippen LogP contribution is -2.32. The van der Waals surface area contributed by atoms with Gasteiger partial charge in [0.15, 0.2) is 0 Å². The lowest BCUT2D eigenvalue weighted by molar-refractivity contribution is -0.137. The van der Waals surface area contributed by atoms with E-state index in [1.807, 2.05) is 32.0 Å². The molecule has 1 heterocycles. The number of aryl methyl sites for hydroxylation is 2. The summed E-state index contributed by atoms with van der Waals surface area (Å²) in [5, 5.41) is 3.09. The average Bonchev–Trinajstić information content (AvgIpc) is 2.97. The van der Waals surface area contributed by atoms with E-state index in [-0.39, 0.29) is 23.4 Å². The van der Waals surface area contributed by atoms with Crippen LogP contribution in [-0.4, -0.2) is 16.7 Å². The van der Waals surface area contributed by atoms with Crippen LogP contribution < -0.4 is 5.32 Å². The molecule has 168 valence electrons. The number of anilines is 1. The summed E-state index contributed by atoms with van der Waals surface area (Å²) in [4.78, 5) is 27.6. The fraction of sp³-hybridized carbons (Fsp3) is 0.154. The third-order valence-electron chi connectivity index (χ3n) is 5.32. The van der Waals surface area contributed by atoms with Crippen LogP contribution in [-0.2, 0) is 22.3 Å². The minimum absolute atomic E-state index is 0.100. The summed E-state index contributed by atoms with van der Waals surface area (Å²) in [5.41, 5.74) is 2.84. The standard InChI is InChI=1S/C26H21F3N2O2/c1-16-11-17(2)13-21(12-16)30-23-22(19-8-4-3-5-9-19)24(32)31(25(23)33)15-18-7-6-10-20(14-18)26(27,28)29/h3-14,30H,15H2,1-2H3. The monoisotopic (exact) mass is 450 g/mol. The maximum atomic E-state index is 13.3. The number of nitrogens with zero attached hydrogens (tertiary/aromatic N) is 1. The van der Waals surface area contributed by atoms with E-state index in [1.165, 1.54) is 12.1 Å². The van der Waals surface area contributed by atoms with Gasteiger partial charge in [-0.2, -0.15) is 13.2 Å². The Bertz CT molecular complexity index is 1240. The molecule has 3 aromatic rings. The van der Waals surface area contributed by atoms with Crippen LogP contribution in [0.1, 0.15) is 27.8 Å². The first kappa shape index (κ1) is 22.3. The Morgan fingerprint density at radius 2 is 1.48 bits per heavy atom. The Kier molecular flexibility index (Phi) is 5.80. The van der Waals surface area contributed by atoms with E-state index < -0.39 is 23.6 Å². The van der Waals surface area contributed by atoms with Gasteiger partial charge in [-0.3, -0.25) is 14.5 Å². The zero-order chi connectivity index (χ0) is 23.8. The normalized spacial score (nSPS) is 14.3. The molecular formula is C26H21F3N2O2. The lowest BCUT2D eigenvalue weighted by atomic mass is 10.0. The van der Waals surface area contributed by atoms with Gasteiger partial charge in [-0.15, -0.1) is 0 Å². The van der Waals surface area contributed by atoms with Crippen LogP contribution in [0.15, 0.2) is 78.5 Å². The fourth-order valence-corrected chi connectivity index (χ4v) is 3.93. The Balaban J connectivity index is 1.72. The summed E-state index contributed by atoms with van der Waals surface area (Å²) >= 11 is 0. The van der Waals surface area contributed by atoms with Crippen LogP contribution in [0, 0.1) is 13.8 Å². The second kappa shape index (κ2) is 8.58. The number of carbonyl (C=O) groups excluding carboxylic acids is 2. The quantitative estimate of drug-likeness (QED) is 0.506. The fourth-order valence-electron chi connectivity index (χ4n) is 3.93. The summed E-state index contributed by atoms with van der Waals surface area (Å²) in [6, 6.07) is 19.1. The molecule has 0 unspecified atom stereocenters. The molecular weight excluding hydrogens is 429 g/mol. The van der Waals surface area contributed by atoms with Crippen molar-refractivity contribution in [1.29, 1.82) is 0 Å². The Hall–Kier alpha value is -3.87. The number of carbonyl (C=O) groups is 2. The van der Waals surface area contributed by atoms with E-state index in [1.54, 1.807) is 30.3 Å². The van der Waals surface area contributed by atoms with Gasteiger partial charge in [0.1, 0.15) is 5.70 Å². The molecule has 0 spiro atoms. The predicted octanol–water partition coefficient (Wildman–Crippen LogP) is 5.71. The molecule has 4 rings (SSSR count). The summed E-state index contributed by atoms with van der Waals surface area (Å²) in [6.07, 6.45) is -4.52. The number of benzene rings is 3. The minimum Gasteiger partial charge on any atom is -0.350 e. The molecule has 0 saturated heterocycles. The SMILES string of the molecule is Cc1cc(C)cc(NC2=C(c3ccccc3)C(=O)N(Cc3cccc(C(F)(F)F)c3)C2=O)c1. The van der Waals surface area contributed by atoms with Crippen molar-refractivity contribution in [2.24, 2.45) is 0 Å². The van der Waals surface area contributed by atoms with Crippen molar-refractivity contribution in [3.8, 4) is 0 Å². The molecule has 2 amide bonds. The van der Waals surface area contributed by atoms with Gasteiger partial charge >= 0.3 is 6.18 Å². The highest BCUT2D eigenvalue weighted by Crippen LogP contribution is 2.33. The summed E-state index contributed by atoms with van der Waals surface area (Å²) in [6.45, 7) is 3.58. The van der Waals surface area contributed by atoms with Gasteiger partial charge in [-0.25, -0.2) is 0 Å². The third-order valence-corrected chi connectivity index (χ3v) is 5.32. The molecule has 33 heavy (non-hydrogen) atoms. The van der Waals surface area contributed by atoms with Gasteiger partial charge in [0.05, 0.1) is 17.7 Å². The zero-order valence-corrected chi connectivity index (χ0v) is 18.0. The molecule has 0 aliphatic carbocycles. The summed E-state index contributed by atoms with van der Waals surface area (Å²) in [5.74, 6) is -1.15. The second-order valence-corrected chi connectivity index (χ2v) is 8.01. The molecule has 0 aromatic heterocycles. The Morgan fingerprint density at radius 3 is 2.12 bits per heavy atom. The Morgan fingerprint density at radius 1 is 0.818 bits per heavy atom. The lowest BCUT2D eigenvalue weighted by Gasteiger charge is -2.17. The molecule has 1 aliphatic rings. The molecule has 0 atom stereocenters. The zero-order valence-electron chi connectivity index (χ0n) is 18.0. The number of amides is 2. The van der Waals surface area contributed by atoms with Crippen LogP contribution in [0.2, 0.25) is 0 Å². The number of halogens is 3. The van der Waals surface area contributed by atoms with Crippen molar-refractivity contribution >= 4 is 23.1 Å². The van der Waals surface area contributed by atoms with E-state index in [0.717, 1.165) is 28.2 Å². The van der Waals surface area contributed by atoms with Crippen molar-refractivity contribution in [2.45, 2.75) is 26.6 Å². The van der Waals surface area contributed by atoms with Gasteiger partial charge in [0.2, 0.25) is 0 Å². The van der Waals surface area contributed by atoms with Crippen molar-refractivity contribution < 1.29 is 22.8 Å². The van der Waals surface area contributed by atoms with E-state index in [2.05, 4.69) is 5.32 Å². The first-order valence-corrected chi connectivity index (χ1v) is 10.3. The largest absolute Gasteiger partial charge is 0.416 e. The molecule has 7 heteroatoms. The second-order valence-electron chi connectivity index (χ2n) is 8.01. The summed E-state index contributed by atoms with van der Waals surface area (Å²) in [7, 11) is 0. The molecule has 0 bridgehead atoms. The van der Waals surface area contributed by atoms with E-state index in [9.17, 15) is 22.8 Å². The van der Waals surface area contributed by atoms with Gasteiger partial charge < -0.3 is 5.32 Å². The molecule has 0 saturated carbocycles. The minimum atomic E-state index is -4.52. The maximum Gasteiger partial charge on any atom is 0.416 e. The molecule has 4 nitrogen and oxygen atoms in total. The molecule has 0 radical (unpaired) electrons. The molecule has 1 aliphatic heterocycles. The third kappa shape index (κ3) is 4.67. The molecule has 0 fully saturated rings. The number of alkyl halides is 3. The van der Waals surface area contributed by atoms with Crippen molar-refractivity contribution in [3.05, 3.63) is 106 Å². The van der Waals surface area contributed by atoms with Crippen LogP contribution in [0.25, 0.3) is 5.57 Å².